The van der Waals surface area contributed by atoms with Crippen LogP contribution in [0.3, 0.4) is 0 Å². The molecule has 0 saturated heterocycles. The Morgan fingerprint density at radius 1 is 1.29 bits per heavy atom. The summed E-state index contributed by atoms with van der Waals surface area (Å²) in [7, 11) is 0. The van der Waals surface area contributed by atoms with E-state index in [9.17, 15) is 0 Å². The lowest BCUT2D eigenvalue weighted by atomic mass is 10.2. The molecule has 0 saturated carbocycles. The minimum Gasteiger partial charge on any atom is -0.339 e. The number of anilines is 3. The van der Waals surface area contributed by atoms with Gasteiger partial charge >= 0.3 is 0 Å². The molecule has 0 aliphatic carbocycles. The van der Waals surface area contributed by atoms with E-state index in [1.807, 2.05) is 25.1 Å². The van der Waals surface area contributed by atoms with Gasteiger partial charge in [0.05, 0.1) is 10.7 Å². The topological polar surface area (TPSA) is 75.9 Å². The fraction of sp³-hybridized carbons (Fsp3) is 0.286. The number of aryl methyl sites for hydroxylation is 1. The van der Waals surface area contributed by atoms with E-state index in [2.05, 4.69) is 50.2 Å². The van der Waals surface area contributed by atoms with Crippen LogP contribution in [0, 0.1) is 10.5 Å². The van der Waals surface area contributed by atoms with E-state index in [0.717, 1.165) is 33.5 Å². The predicted octanol–water partition coefficient (Wildman–Crippen LogP) is 4.02. The van der Waals surface area contributed by atoms with Crippen molar-refractivity contribution in [2.24, 2.45) is 5.84 Å². The number of rotatable bonds is 5. The molecule has 1 aromatic heterocycles. The summed E-state index contributed by atoms with van der Waals surface area (Å²) < 4.78 is 1.08. The van der Waals surface area contributed by atoms with Crippen LogP contribution >= 0.6 is 34.2 Å². The van der Waals surface area contributed by atoms with Crippen LogP contribution in [-0.2, 0) is 6.42 Å². The van der Waals surface area contributed by atoms with Gasteiger partial charge in [0, 0.05) is 15.6 Å². The van der Waals surface area contributed by atoms with Crippen molar-refractivity contribution in [2.45, 2.75) is 26.7 Å². The Bertz CT molecular complexity index is 648. The smallest absolute Gasteiger partial charge is 0.148 e. The van der Waals surface area contributed by atoms with Gasteiger partial charge in [-0.05, 0) is 54.1 Å². The van der Waals surface area contributed by atoms with E-state index in [1.165, 1.54) is 0 Å². The van der Waals surface area contributed by atoms with Gasteiger partial charge < -0.3 is 10.7 Å². The number of hydrazine groups is 1. The summed E-state index contributed by atoms with van der Waals surface area (Å²) in [6.07, 6.45) is 1.76. The average molecular weight is 418 g/mol. The Labute approximate surface area is 142 Å². The minimum atomic E-state index is 0.623. The molecular weight excluding hydrogens is 401 g/mol. The van der Waals surface area contributed by atoms with Gasteiger partial charge in [-0.1, -0.05) is 18.5 Å². The fourth-order valence-electron chi connectivity index (χ4n) is 1.88. The van der Waals surface area contributed by atoms with Crippen molar-refractivity contribution in [3.8, 4) is 0 Å². The number of aromatic nitrogens is 2. The van der Waals surface area contributed by atoms with E-state index in [0.29, 0.717) is 16.7 Å². The molecule has 0 bridgehead atoms. The largest absolute Gasteiger partial charge is 0.339 e. The molecule has 0 aliphatic heterocycles. The molecule has 0 amide bonds. The lowest BCUT2D eigenvalue weighted by Crippen LogP contribution is -2.14. The first-order valence-corrected chi connectivity index (χ1v) is 8.07. The SMILES string of the molecule is CCCc1nc(NN)c(C)c(Nc2ccc(I)cc2Cl)n1. The van der Waals surface area contributed by atoms with E-state index in [-0.39, 0.29) is 0 Å². The molecular formula is C14H17ClIN5. The van der Waals surface area contributed by atoms with Crippen molar-refractivity contribution < 1.29 is 0 Å². The number of nitrogens with two attached hydrogens (primary N) is 1. The molecule has 112 valence electrons. The van der Waals surface area contributed by atoms with Gasteiger partial charge in [0.15, 0.2) is 0 Å². The van der Waals surface area contributed by atoms with Crippen LogP contribution in [0.1, 0.15) is 24.7 Å². The van der Waals surface area contributed by atoms with Gasteiger partial charge in [-0.3, -0.25) is 0 Å². The highest BCUT2D eigenvalue weighted by molar-refractivity contribution is 14.1. The fourth-order valence-corrected chi connectivity index (χ4v) is 2.78. The third kappa shape index (κ3) is 3.96. The summed E-state index contributed by atoms with van der Waals surface area (Å²) in [5.41, 5.74) is 4.28. The third-order valence-electron chi connectivity index (χ3n) is 2.99. The van der Waals surface area contributed by atoms with E-state index >= 15 is 0 Å². The van der Waals surface area contributed by atoms with Crippen LogP contribution in [0.15, 0.2) is 18.2 Å². The Hall–Kier alpha value is -1.12. The Morgan fingerprint density at radius 3 is 2.62 bits per heavy atom. The number of halogens is 2. The molecule has 0 aliphatic rings. The summed E-state index contributed by atoms with van der Waals surface area (Å²) in [4.78, 5) is 8.95. The molecule has 2 aromatic rings. The van der Waals surface area contributed by atoms with Crippen LogP contribution in [0.2, 0.25) is 5.02 Å². The lowest BCUT2D eigenvalue weighted by molar-refractivity contribution is 0.833. The molecule has 0 fully saturated rings. The molecule has 1 aromatic carbocycles. The van der Waals surface area contributed by atoms with Crippen LogP contribution in [0.5, 0.6) is 0 Å². The van der Waals surface area contributed by atoms with E-state index in [1.54, 1.807) is 0 Å². The summed E-state index contributed by atoms with van der Waals surface area (Å²) >= 11 is 8.48. The number of hydrogen-bond acceptors (Lipinski definition) is 5. The molecule has 7 heteroatoms. The Kier molecular flexibility index (Phi) is 5.60. The van der Waals surface area contributed by atoms with Crippen LogP contribution in [-0.4, -0.2) is 9.97 Å². The van der Waals surface area contributed by atoms with Crippen molar-refractivity contribution in [3.05, 3.63) is 38.2 Å². The maximum absolute atomic E-state index is 6.26. The zero-order chi connectivity index (χ0) is 15.4. The number of nitrogens with one attached hydrogen (secondary N) is 2. The highest BCUT2D eigenvalue weighted by Gasteiger charge is 2.11. The van der Waals surface area contributed by atoms with Gasteiger partial charge in [-0.25, -0.2) is 15.8 Å². The van der Waals surface area contributed by atoms with Crippen molar-refractivity contribution in [2.75, 3.05) is 10.7 Å². The van der Waals surface area contributed by atoms with Crippen molar-refractivity contribution in [1.82, 2.24) is 9.97 Å². The van der Waals surface area contributed by atoms with Crippen molar-refractivity contribution in [1.29, 1.82) is 0 Å². The number of nitrogens with zero attached hydrogens (tertiary/aromatic N) is 2. The summed E-state index contributed by atoms with van der Waals surface area (Å²) in [5, 5.41) is 3.91. The normalized spacial score (nSPS) is 10.5. The third-order valence-corrected chi connectivity index (χ3v) is 3.97. The van der Waals surface area contributed by atoms with Gasteiger partial charge in [-0.15, -0.1) is 0 Å². The highest BCUT2D eigenvalue weighted by Crippen LogP contribution is 2.29. The van der Waals surface area contributed by atoms with Gasteiger partial charge in [0.2, 0.25) is 0 Å². The van der Waals surface area contributed by atoms with E-state index < -0.39 is 0 Å². The molecule has 4 N–H and O–H groups in total. The molecule has 21 heavy (non-hydrogen) atoms. The molecule has 2 rings (SSSR count). The van der Waals surface area contributed by atoms with Gasteiger partial charge in [0.1, 0.15) is 17.5 Å². The standard InChI is InChI=1S/C14H17ClIN5/c1-3-4-12-19-13(8(2)14(20-12)21-17)18-11-6-5-9(16)7-10(11)15/h5-7H,3-4,17H2,1-2H3,(H2,18,19,20,21). The quantitative estimate of drug-likeness (QED) is 0.389. The number of nitrogen functional groups attached to an aromatic ring is 1. The molecule has 0 atom stereocenters. The Balaban J connectivity index is 2.40. The van der Waals surface area contributed by atoms with Gasteiger partial charge in [-0.2, -0.15) is 0 Å². The monoisotopic (exact) mass is 417 g/mol. The van der Waals surface area contributed by atoms with Gasteiger partial charge in [0.25, 0.3) is 0 Å². The first kappa shape index (κ1) is 16.3. The maximum atomic E-state index is 6.26. The molecule has 1 heterocycles. The summed E-state index contributed by atoms with van der Waals surface area (Å²) in [5.74, 6) is 7.62. The maximum Gasteiger partial charge on any atom is 0.148 e. The highest BCUT2D eigenvalue weighted by atomic mass is 127. The number of benzene rings is 1. The average Bonchev–Trinajstić information content (AvgIpc) is 2.45. The second-order valence-corrected chi connectivity index (χ2v) is 6.26. The first-order chi connectivity index (χ1) is 10.0. The molecule has 5 nitrogen and oxygen atoms in total. The van der Waals surface area contributed by atoms with Crippen LogP contribution in [0.25, 0.3) is 0 Å². The second-order valence-electron chi connectivity index (χ2n) is 4.61. The zero-order valence-corrected chi connectivity index (χ0v) is 14.8. The van der Waals surface area contributed by atoms with Crippen LogP contribution < -0.4 is 16.6 Å². The summed E-state index contributed by atoms with van der Waals surface area (Å²) in [6, 6.07) is 5.82. The van der Waals surface area contributed by atoms with E-state index in [4.69, 9.17) is 17.4 Å². The molecule has 0 unspecified atom stereocenters. The molecule has 0 spiro atoms. The van der Waals surface area contributed by atoms with Crippen LogP contribution in [0.4, 0.5) is 17.3 Å². The minimum absolute atomic E-state index is 0.623. The lowest BCUT2D eigenvalue weighted by Gasteiger charge is -2.14. The van der Waals surface area contributed by atoms with Crippen molar-refractivity contribution in [3.63, 3.8) is 0 Å². The number of hydrogen-bond donors (Lipinski definition) is 3. The second kappa shape index (κ2) is 7.24. The van der Waals surface area contributed by atoms with Crippen molar-refractivity contribution >= 4 is 51.5 Å². The summed E-state index contributed by atoms with van der Waals surface area (Å²) in [6.45, 7) is 4.00. The first-order valence-electron chi connectivity index (χ1n) is 6.61. The zero-order valence-electron chi connectivity index (χ0n) is 11.9. The molecule has 0 radical (unpaired) electrons. The Morgan fingerprint density at radius 2 is 2.00 bits per heavy atom. The predicted molar refractivity (Wildman–Crippen MR) is 96.0 cm³/mol.